The van der Waals surface area contributed by atoms with Crippen molar-refractivity contribution < 1.29 is 27.5 Å². The number of halogens is 3. The number of amides is 2. The number of alkyl halides is 3. The lowest BCUT2D eigenvalue weighted by atomic mass is 9.95. The van der Waals surface area contributed by atoms with E-state index in [2.05, 4.69) is 36.6 Å². The molecule has 1 aliphatic carbocycles. The van der Waals surface area contributed by atoms with E-state index in [0.29, 0.717) is 17.0 Å². The van der Waals surface area contributed by atoms with Gasteiger partial charge in [-0.1, -0.05) is 19.3 Å². The Morgan fingerprint density at radius 1 is 1.10 bits per heavy atom. The normalized spacial score (nSPS) is 18.2. The number of piperidine rings is 1. The van der Waals surface area contributed by atoms with Gasteiger partial charge in [-0.15, -0.1) is 0 Å². The molecule has 4 rings (SSSR count). The maximum atomic E-state index is 13.6. The molecule has 5 N–H and O–H groups in total. The second-order valence-corrected chi connectivity index (χ2v) is 10.2. The average Bonchev–Trinajstić information content (AvgIpc) is 2.88. The summed E-state index contributed by atoms with van der Waals surface area (Å²) in [6, 6.07) is 4.89. The van der Waals surface area contributed by atoms with Gasteiger partial charge in [-0.2, -0.15) is 18.2 Å². The van der Waals surface area contributed by atoms with E-state index >= 15 is 0 Å². The van der Waals surface area contributed by atoms with Crippen molar-refractivity contribution in [3.05, 3.63) is 35.5 Å². The average molecular weight is 566 g/mol. The first-order valence-corrected chi connectivity index (χ1v) is 13.4. The van der Waals surface area contributed by atoms with Crippen LogP contribution in [0.15, 0.2) is 24.4 Å². The highest BCUT2D eigenvalue weighted by Gasteiger charge is 2.36. The van der Waals surface area contributed by atoms with Crippen LogP contribution in [0, 0.1) is 0 Å². The van der Waals surface area contributed by atoms with Crippen molar-refractivity contribution in [3.63, 3.8) is 0 Å². The molecule has 2 aliphatic rings. The number of rotatable bonds is 7. The van der Waals surface area contributed by atoms with E-state index in [1.165, 1.54) is 14.0 Å². The number of carbonyl (C=O) groups excluding carboxylic acids is 2. The van der Waals surface area contributed by atoms with Crippen molar-refractivity contribution in [1.82, 2.24) is 20.2 Å². The third kappa shape index (κ3) is 9.25. The van der Waals surface area contributed by atoms with Crippen molar-refractivity contribution in [2.24, 2.45) is 5.73 Å². The van der Waals surface area contributed by atoms with Gasteiger partial charge in [0, 0.05) is 37.3 Å². The van der Waals surface area contributed by atoms with E-state index in [9.17, 15) is 22.8 Å². The summed E-state index contributed by atoms with van der Waals surface area (Å²) in [7, 11) is 3.49. The topological polar surface area (TPSA) is 134 Å². The minimum absolute atomic E-state index is 0.00190. The number of methoxy groups -OCH3 is 1. The van der Waals surface area contributed by atoms with Crippen LogP contribution in [0.3, 0.4) is 0 Å². The Hall–Kier alpha value is -3.61. The predicted molar refractivity (Wildman–Crippen MR) is 147 cm³/mol. The first kappa shape index (κ1) is 30.9. The molecule has 2 heterocycles. The molecule has 220 valence electrons. The summed E-state index contributed by atoms with van der Waals surface area (Å²) in [5.74, 6) is -0.417. The zero-order chi connectivity index (χ0) is 29.3. The molecule has 0 spiro atoms. The quantitative estimate of drug-likeness (QED) is 0.390. The van der Waals surface area contributed by atoms with Gasteiger partial charge in [0.25, 0.3) is 5.91 Å². The predicted octanol–water partition coefficient (Wildman–Crippen LogP) is 4.31. The zero-order valence-corrected chi connectivity index (χ0v) is 23.1. The zero-order valence-electron chi connectivity index (χ0n) is 23.1. The van der Waals surface area contributed by atoms with Crippen LogP contribution in [0.1, 0.15) is 67.8 Å². The Morgan fingerprint density at radius 3 is 2.40 bits per heavy atom. The lowest BCUT2D eigenvalue weighted by Crippen LogP contribution is -2.46. The summed E-state index contributed by atoms with van der Waals surface area (Å²) in [5.41, 5.74) is 4.44. The number of nitrogens with two attached hydrogens (primary N) is 1. The van der Waals surface area contributed by atoms with E-state index < -0.39 is 11.7 Å². The summed E-state index contributed by atoms with van der Waals surface area (Å²) in [6.07, 6.45) is 2.82. The van der Waals surface area contributed by atoms with Crippen LogP contribution >= 0.6 is 0 Å². The highest BCUT2D eigenvalue weighted by Crippen LogP contribution is 2.36. The van der Waals surface area contributed by atoms with Gasteiger partial charge >= 0.3 is 6.18 Å². The molecule has 1 aliphatic heterocycles. The SMILES string of the molecule is CC(N)=O.COc1cc(C(=O)NC2CCCN(C)C2)ccc1Nc1ncc(C(F)(F)F)c(NC2CCCCC2)n1. The number of hydrogen-bond acceptors (Lipinski definition) is 8. The molecule has 1 atom stereocenters. The number of hydrogen-bond donors (Lipinski definition) is 4. The number of aromatic nitrogens is 2. The van der Waals surface area contributed by atoms with Crippen LogP contribution in [-0.4, -0.2) is 66.0 Å². The molecule has 2 amide bonds. The van der Waals surface area contributed by atoms with E-state index in [0.717, 1.165) is 64.2 Å². The van der Waals surface area contributed by atoms with E-state index in [1.54, 1.807) is 18.2 Å². The number of ether oxygens (including phenoxy) is 1. The van der Waals surface area contributed by atoms with Gasteiger partial charge in [-0.3, -0.25) is 9.59 Å². The standard InChI is InChI=1S/C25H33F3N6O2.C2H5NO/c1-34-12-6-9-18(15-34)31-23(35)16-10-11-20(21(13-16)36-2)32-24-29-14-19(25(26,27)28)22(33-24)30-17-7-4-3-5-8-17;1-2(3)4/h10-11,13-14,17-18H,3-9,12,15H2,1-2H3,(H,31,35)(H2,29,30,32,33);1H3,(H2,3,4). The third-order valence-electron chi connectivity index (χ3n) is 6.71. The first-order valence-electron chi connectivity index (χ1n) is 13.4. The molecular weight excluding hydrogens is 527 g/mol. The van der Waals surface area contributed by atoms with Crippen molar-refractivity contribution in [2.75, 3.05) is 37.9 Å². The number of primary amides is 1. The fourth-order valence-electron chi connectivity index (χ4n) is 4.81. The van der Waals surface area contributed by atoms with Crippen LogP contribution in [0.4, 0.5) is 30.6 Å². The van der Waals surface area contributed by atoms with Crippen molar-refractivity contribution >= 4 is 29.3 Å². The second-order valence-electron chi connectivity index (χ2n) is 10.2. The lowest BCUT2D eigenvalue weighted by molar-refractivity contribution is -0.137. The summed E-state index contributed by atoms with van der Waals surface area (Å²) in [6.45, 7) is 3.12. The molecule has 0 radical (unpaired) electrons. The van der Waals surface area contributed by atoms with Gasteiger partial charge in [-0.05, 0) is 57.5 Å². The van der Waals surface area contributed by atoms with Crippen LogP contribution in [0.25, 0.3) is 0 Å². The monoisotopic (exact) mass is 565 g/mol. The molecule has 1 unspecified atom stereocenters. The Kier molecular flexibility index (Phi) is 10.9. The maximum absolute atomic E-state index is 13.6. The third-order valence-corrected chi connectivity index (χ3v) is 6.71. The smallest absolute Gasteiger partial charge is 0.421 e. The molecule has 1 aromatic heterocycles. The van der Waals surface area contributed by atoms with E-state index in [4.69, 9.17) is 4.74 Å². The van der Waals surface area contributed by atoms with Gasteiger partial charge in [-0.25, -0.2) is 4.98 Å². The number of likely N-dealkylation sites (tertiary alicyclic amines) is 1. The minimum Gasteiger partial charge on any atom is -0.495 e. The Morgan fingerprint density at radius 2 is 1.77 bits per heavy atom. The number of anilines is 3. The van der Waals surface area contributed by atoms with Crippen molar-refractivity contribution in [1.29, 1.82) is 0 Å². The van der Waals surface area contributed by atoms with Gasteiger partial charge < -0.3 is 31.3 Å². The lowest BCUT2D eigenvalue weighted by Gasteiger charge is -2.30. The second kappa shape index (κ2) is 14.1. The van der Waals surface area contributed by atoms with Gasteiger partial charge in [0.1, 0.15) is 17.1 Å². The summed E-state index contributed by atoms with van der Waals surface area (Å²) in [5, 5.41) is 8.97. The number of benzene rings is 1. The maximum Gasteiger partial charge on any atom is 0.421 e. The van der Waals surface area contributed by atoms with Gasteiger partial charge in [0.2, 0.25) is 11.9 Å². The Balaban J connectivity index is 0.00000103. The Labute approximate surface area is 232 Å². The van der Waals surface area contributed by atoms with E-state index in [1.807, 2.05) is 7.05 Å². The van der Waals surface area contributed by atoms with Crippen LogP contribution in [-0.2, 0) is 11.0 Å². The number of carbonyl (C=O) groups is 2. The highest BCUT2D eigenvalue weighted by molar-refractivity contribution is 5.95. The fourth-order valence-corrected chi connectivity index (χ4v) is 4.81. The molecule has 13 heteroatoms. The molecule has 10 nitrogen and oxygen atoms in total. The van der Waals surface area contributed by atoms with E-state index in [-0.39, 0.29) is 35.7 Å². The number of nitrogens with one attached hydrogen (secondary N) is 3. The number of likely N-dealkylation sites (N-methyl/N-ethyl adjacent to an activating group) is 1. The molecule has 1 saturated heterocycles. The first-order chi connectivity index (χ1) is 19.0. The van der Waals surface area contributed by atoms with Gasteiger partial charge in [0.15, 0.2) is 0 Å². The molecule has 2 fully saturated rings. The summed E-state index contributed by atoms with van der Waals surface area (Å²) >= 11 is 0. The molecule has 40 heavy (non-hydrogen) atoms. The summed E-state index contributed by atoms with van der Waals surface area (Å²) in [4.78, 5) is 32.2. The molecule has 0 bridgehead atoms. The molecular formula is C27H38F3N7O3. The van der Waals surface area contributed by atoms with Crippen LogP contribution < -0.4 is 26.4 Å². The molecule has 2 aromatic rings. The number of nitrogens with zero attached hydrogens (tertiary/aromatic N) is 3. The Bertz CT molecular complexity index is 1150. The van der Waals surface area contributed by atoms with Crippen LogP contribution in [0.2, 0.25) is 0 Å². The largest absolute Gasteiger partial charge is 0.495 e. The van der Waals surface area contributed by atoms with Gasteiger partial charge in [0.05, 0.1) is 12.8 Å². The fraction of sp³-hybridized carbons (Fsp3) is 0.556. The molecule has 1 saturated carbocycles. The van der Waals surface area contributed by atoms with Crippen molar-refractivity contribution in [3.8, 4) is 5.75 Å². The van der Waals surface area contributed by atoms with Crippen molar-refractivity contribution in [2.45, 2.75) is 70.1 Å². The minimum atomic E-state index is -4.57. The highest BCUT2D eigenvalue weighted by atomic mass is 19.4. The van der Waals surface area contributed by atoms with Crippen LogP contribution in [0.5, 0.6) is 5.75 Å². The molecule has 1 aromatic carbocycles. The summed E-state index contributed by atoms with van der Waals surface area (Å²) < 4.78 is 46.2.